The summed E-state index contributed by atoms with van der Waals surface area (Å²) >= 11 is 0. The predicted molar refractivity (Wildman–Crippen MR) is 155 cm³/mol. The number of amides is 1. The van der Waals surface area contributed by atoms with Crippen molar-refractivity contribution in [2.75, 3.05) is 19.1 Å². The van der Waals surface area contributed by atoms with Crippen molar-refractivity contribution >= 4 is 28.8 Å². The summed E-state index contributed by atoms with van der Waals surface area (Å²) in [6.45, 7) is 8.14. The van der Waals surface area contributed by atoms with Crippen LogP contribution in [0.5, 0.6) is 11.5 Å². The Balaban J connectivity index is 1.63. The zero-order chi connectivity index (χ0) is 27.9. The minimum atomic E-state index is -0.565. The maximum absolute atomic E-state index is 14.1. The van der Waals surface area contributed by atoms with Crippen molar-refractivity contribution in [2.24, 2.45) is 10.9 Å². The van der Waals surface area contributed by atoms with Gasteiger partial charge in [0.2, 0.25) is 5.91 Å². The van der Waals surface area contributed by atoms with Crippen LogP contribution in [0.2, 0.25) is 0 Å². The normalized spacial score (nSPS) is 20.9. The predicted octanol–water partition coefficient (Wildman–Crippen LogP) is 6.94. The first kappa shape index (κ1) is 26.7. The number of para-hydroxylation sites is 2. The standard InChI is InChI=1S/C33H36N2O4/c1-20(36)35-27-10-8-7-9-25(27)34-26-17-23(21-11-14-24(15-12-21)33(2,3)4)18-28(37)31(26)32(35)22-13-16-29(38-5)30(19-22)39-6/h7-16,19,23,31-32H,17-18H2,1-6H3. The highest BCUT2D eigenvalue weighted by Gasteiger charge is 2.45. The highest BCUT2D eigenvalue weighted by atomic mass is 16.5. The molecular formula is C33H36N2O4. The quantitative estimate of drug-likeness (QED) is 0.371. The van der Waals surface area contributed by atoms with Crippen LogP contribution in [0, 0.1) is 5.92 Å². The van der Waals surface area contributed by atoms with E-state index in [0.717, 1.165) is 16.8 Å². The number of aliphatic imine (C=N–C) groups is 1. The van der Waals surface area contributed by atoms with Crippen LogP contribution >= 0.6 is 0 Å². The number of carbonyl (C=O) groups excluding carboxylic acids is 2. The molecule has 0 saturated heterocycles. The molecule has 1 aliphatic heterocycles. The van der Waals surface area contributed by atoms with Crippen molar-refractivity contribution in [1.82, 2.24) is 0 Å². The lowest BCUT2D eigenvalue weighted by atomic mass is 9.71. The van der Waals surface area contributed by atoms with Gasteiger partial charge in [0.15, 0.2) is 11.5 Å². The molecule has 1 aliphatic carbocycles. The topological polar surface area (TPSA) is 68.2 Å². The molecule has 1 heterocycles. The number of nitrogens with zero attached hydrogens (tertiary/aromatic N) is 2. The van der Waals surface area contributed by atoms with Crippen molar-refractivity contribution in [2.45, 2.75) is 57.9 Å². The van der Waals surface area contributed by atoms with E-state index < -0.39 is 12.0 Å². The van der Waals surface area contributed by atoms with Gasteiger partial charge in [-0.25, -0.2) is 0 Å². The Bertz CT molecular complexity index is 1430. The Labute approximate surface area is 230 Å². The molecule has 0 radical (unpaired) electrons. The van der Waals surface area contributed by atoms with Gasteiger partial charge in [-0.2, -0.15) is 0 Å². The SMILES string of the molecule is COc1ccc(C2C3C(=O)CC(c4ccc(C(C)(C)C)cc4)CC3=Nc3ccccc3N2C(C)=O)cc1OC. The fourth-order valence-electron chi connectivity index (χ4n) is 5.93. The maximum Gasteiger partial charge on any atom is 0.224 e. The number of hydrogen-bond acceptors (Lipinski definition) is 5. The molecular weight excluding hydrogens is 488 g/mol. The molecule has 202 valence electrons. The Kier molecular flexibility index (Phi) is 7.06. The maximum atomic E-state index is 14.1. The average Bonchev–Trinajstić information content (AvgIpc) is 3.07. The molecule has 6 heteroatoms. The molecule has 0 bridgehead atoms. The molecule has 2 aliphatic rings. The molecule has 3 unspecified atom stereocenters. The van der Waals surface area contributed by atoms with Crippen LogP contribution in [0.1, 0.15) is 69.2 Å². The van der Waals surface area contributed by atoms with E-state index in [1.807, 2.05) is 42.5 Å². The number of hydrogen-bond donors (Lipinski definition) is 0. The van der Waals surface area contributed by atoms with Crippen LogP contribution in [0.15, 0.2) is 71.7 Å². The van der Waals surface area contributed by atoms with Gasteiger partial charge in [0.25, 0.3) is 0 Å². The van der Waals surface area contributed by atoms with Gasteiger partial charge in [-0.3, -0.25) is 14.6 Å². The number of fused-ring (bicyclic) bond motifs is 2. The summed E-state index contributed by atoms with van der Waals surface area (Å²) in [6, 6.07) is 21.3. The molecule has 6 nitrogen and oxygen atoms in total. The minimum Gasteiger partial charge on any atom is -0.493 e. The lowest BCUT2D eigenvalue weighted by Crippen LogP contribution is -2.45. The van der Waals surface area contributed by atoms with E-state index in [0.29, 0.717) is 35.7 Å². The van der Waals surface area contributed by atoms with E-state index in [9.17, 15) is 9.59 Å². The largest absolute Gasteiger partial charge is 0.493 e. The minimum absolute atomic E-state index is 0.0311. The Morgan fingerprint density at radius 2 is 1.56 bits per heavy atom. The number of ketones is 1. The first-order valence-corrected chi connectivity index (χ1v) is 13.4. The molecule has 1 amide bonds. The van der Waals surface area contributed by atoms with E-state index in [2.05, 4.69) is 45.0 Å². The molecule has 3 aromatic carbocycles. The number of Topliss-reactive ketones (excluding diaryl/α,β-unsaturated/α-hetero) is 1. The fourth-order valence-corrected chi connectivity index (χ4v) is 5.93. The third-order valence-electron chi connectivity index (χ3n) is 7.94. The van der Waals surface area contributed by atoms with Crippen molar-refractivity contribution in [3.63, 3.8) is 0 Å². The van der Waals surface area contributed by atoms with E-state index in [1.54, 1.807) is 26.0 Å². The fraction of sp³-hybridized carbons (Fsp3) is 0.364. The summed E-state index contributed by atoms with van der Waals surface area (Å²) < 4.78 is 11.0. The number of ether oxygens (including phenoxy) is 2. The number of anilines is 1. The van der Waals surface area contributed by atoms with E-state index >= 15 is 0 Å². The highest BCUT2D eigenvalue weighted by Crippen LogP contribution is 2.48. The van der Waals surface area contributed by atoms with Gasteiger partial charge in [-0.1, -0.05) is 63.2 Å². The molecule has 0 N–H and O–H groups in total. The van der Waals surface area contributed by atoms with Crippen LogP contribution in [-0.2, 0) is 15.0 Å². The first-order chi connectivity index (χ1) is 18.6. The molecule has 0 spiro atoms. The second-order valence-electron chi connectivity index (χ2n) is 11.5. The first-order valence-electron chi connectivity index (χ1n) is 13.4. The molecule has 3 aromatic rings. The molecule has 5 rings (SSSR count). The Morgan fingerprint density at radius 3 is 2.21 bits per heavy atom. The lowest BCUT2D eigenvalue weighted by molar-refractivity contribution is -0.123. The Morgan fingerprint density at radius 1 is 0.897 bits per heavy atom. The van der Waals surface area contributed by atoms with Gasteiger partial charge in [-0.05, 0) is 58.7 Å². The summed E-state index contributed by atoms with van der Waals surface area (Å²) in [5.74, 6) is 0.546. The smallest absolute Gasteiger partial charge is 0.224 e. The number of benzene rings is 3. The van der Waals surface area contributed by atoms with Gasteiger partial charge < -0.3 is 14.4 Å². The summed E-state index contributed by atoms with van der Waals surface area (Å²) in [5.41, 5.74) is 5.48. The van der Waals surface area contributed by atoms with Crippen LogP contribution < -0.4 is 14.4 Å². The molecule has 39 heavy (non-hydrogen) atoms. The van der Waals surface area contributed by atoms with Crippen LogP contribution in [0.4, 0.5) is 11.4 Å². The van der Waals surface area contributed by atoms with Crippen LogP contribution in [-0.4, -0.2) is 31.6 Å². The van der Waals surface area contributed by atoms with E-state index in [1.165, 1.54) is 5.56 Å². The van der Waals surface area contributed by atoms with Gasteiger partial charge in [0, 0.05) is 19.1 Å². The second-order valence-corrected chi connectivity index (χ2v) is 11.5. The van der Waals surface area contributed by atoms with Crippen molar-refractivity contribution in [3.05, 3.63) is 83.4 Å². The van der Waals surface area contributed by atoms with E-state index in [-0.39, 0.29) is 23.0 Å². The zero-order valence-corrected chi connectivity index (χ0v) is 23.5. The lowest BCUT2D eigenvalue weighted by Gasteiger charge is -2.38. The molecule has 1 fully saturated rings. The summed E-state index contributed by atoms with van der Waals surface area (Å²) in [7, 11) is 3.17. The number of rotatable bonds is 4. The third-order valence-corrected chi connectivity index (χ3v) is 7.94. The summed E-state index contributed by atoms with van der Waals surface area (Å²) in [5, 5.41) is 0. The van der Waals surface area contributed by atoms with Gasteiger partial charge >= 0.3 is 0 Å². The summed E-state index contributed by atoms with van der Waals surface area (Å²) in [4.78, 5) is 34.2. The monoisotopic (exact) mass is 524 g/mol. The van der Waals surface area contributed by atoms with Crippen LogP contribution in [0.3, 0.4) is 0 Å². The van der Waals surface area contributed by atoms with Crippen LogP contribution in [0.25, 0.3) is 0 Å². The number of carbonyl (C=O) groups is 2. The second kappa shape index (κ2) is 10.3. The van der Waals surface area contributed by atoms with Gasteiger partial charge in [0.1, 0.15) is 5.78 Å². The zero-order valence-electron chi connectivity index (χ0n) is 23.5. The van der Waals surface area contributed by atoms with Crippen molar-refractivity contribution < 1.29 is 19.1 Å². The Hall–Kier alpha value is -3.93. The average molecular weight is 525 g/mol. The highest BCUT2D eigenvalue weighted by molar-refractivity contribution is 6.13. The molecule has 0 aromatic heterocycles. The molecule has 1 saturated carbocycles. The third kappa shape index (κ3) is 4.96. The molecule has 3 atom stereocenters. The van der Waals surface area contributed by atoms with E-state index in [4.69, 9.17) is 14.5 Å². The number of methoxy groups -OCH3 is 2. The van der Waals surface area contributed by atoms with Crippen molar-refractivity contribution in [3.8, 4) is 11.5 Å². The van der Waals surface area contributed by atoms with Gasteiger partial charge in [0.05, 0.1) is 37.6 Å². The summed E-state index contributed by atoms with van der Waals surface area (Å²) in [6.07, 6.45) is 1.04. The van der Waals surface area contributed by atoms with Crippen molar-refractivity contribution in [1.29, 1.82) is 0 Å². The van der Waals surface area contributed by atoms with Gasteiger partial charge in [-0.15, -0.1) is 0 Å².